The molecule has 0 aliphatic rings. The van der Waals surface area contributed by atoms with E-state index in [0.29, 0.717) is 13.1 Å². The van der Waals surface area contributed by atoms with Crippen LogP contribution >= 0.6 is 0 Å². The molecule has 0 aromatic heterocycles. The number of benzene rings is 1. The molecule has 0 radical (unpaired) electrons. The highest BCUT2D eigenvalue weighted by Gasteiger charge is 2.20. The quantitative estimate of drug-likeness (QED) is 0.592. The molecule has 0 spiro atoms. The third-order valence-electron chi connectivity index (χ3n) is 2.40. The summed E-state index contributed by atoms with van der Waals surface area (Å²) in [4.78, 5) is 10.2. The molecule has 0 amide bonds. The lowest BCUT2D eigenvalue weighted by molar-refractivity contribution is -0.107. The van der Waals surface area contributed by atoms with Crippen LogP contribution in [-0.4, -0.2) is 19.4 Å². The number of aldehydes is 1. The van der Waals surface area contributed by atoms with Crippen molar-refractivity contribution in [2.45, 2.75) is 19.3 Å². The third-order valence-corrected chi connectivity index (χ3v) is 2.40. The fourth-order valence-electron chi connectivity index (χ4n) is 1.46. The number of hydrogen-bond donors (Lipinski definition) is 1. The standard InChI is InChI=1S/C12H16FNO/c1-12(2,9-14-6-7-15)10-4-3-5-11(13)8-10/h3-5,7-8,14H,6,9H2,1-2H3. The van der Waals surface area contributed by atoms with Crippen molar-refractivity contribution in [2.24, 2.45) is 0 Å². The lowest BCUT2D eigenvalue weighted by Crippen LogP contribution is -2.33. The summed E-state index contributed by atoms with van der Waals surface area (Å²) in [6.45, 7) is 5.01. The molecular weight excluding hydrogens is 193 g/mol. The van der Waals surface area contributed by atoms with Gasteiger partial charge in [0.2, 0.25) is 0 Å². The van der Waals surface area contributed by atoms with E-state index in [0.717, 1.165) is 11.8 Å². The smallest absolute Gasteiger partial charge is 0.133 e. The van der Waals surface area contributed by atoms with Gasteiger partial charge in [0.15, 0.2) is 0 Å². The Balaban J connectivity index is 2.71. The van der Waals surface area contributed by atoms with Gasteiger partial charge < -0.3 is 10.1 Å². The molecular formula is C12H16FNO. The Kier molecular flexibility index (Phi) is 3.97. The molecule has 0 heterocycles. The molecule has 0 saturated carbocycles. The average molecular weight is 209 g/mol. The second kappa shape index (κ2) is 5.03. The van der Waals surface area contributed by atoms with Crippen LogP contribution in [0.3, 0.4) is 0 Å². The van der Waals surface area contributed by atoms with Crippen molar-refractivity contribution in [3.05, 3.63) is 35.6 Å². The highest BCUT2D eigenvalue weighted by Crippen LogP contribution is 2.22. The molecule has 0 unspecified atom stereocenters. The summed E-state index contributed by atoms with van der Waals surface area (Å²) in [5.41, 5.74) is 0.756. The Morgan fingerprint density at radius 3 is 2.80 bits per heavy atom. The van der Waals surface area contributed by atoms with E-state index < -0.39 is 0 Å². The molecule has 2 nitrogen and oxygen atoms in total. The summed E-state index contributed by atoms with van der Waals surface area (Å²) in [6, 6.07) is 6.55. The molecule has 0 saturated heterocycles. The van der Waals surface area contributed by atoms with E-state index in [1.165, 1.54) is 12.1 Å². The zero-order valence-corrected chi connectivity index (χ0v) is 9.09. The number of hydrogen-bond acceptors (Lipinski definition) is 2. The summed E-state index contributed by atoms with van der Waals surface area (Å²) in [6.07, 6.45) is 0.821. The van der Waals surface area contributed by atoms with Crippen molar-refractivity contribution in [2.75, 3.05) is 13.1 Å². The van der Waals surface area contributed by atoms with Gasteiger partial charge in [-0.2, -0.15) is 0 Å². The molecule has 1 rings (SSSR count). The average Bonchev–Trinajstić information content (AvgIpc) is 2.18. The Hall–Kier alpha value is -1.22. The van der Waals surface area contributed by atoms with Gasteiger partial charge in [-0.25, -0.2) is 4.39 Å². The van der Waals surface area contributed by atoms with Crippen molar-refractivity contribution >= 4 is 6.29 Å². The molecule has 1 aromatic rings. The number of rotatable bonds is 5. The molecule has 82 valence electrons. The minimum Gasteiger partial charge on any atom is -0.309 e. The monoisotopic (exact) mass is 209 g/mol. The van der Waals surface area contributed by atoms with Crippen LogP contribution in [0.4, 0.5) is 4.39 Å². The Labute approximate surface area is 89.5 Å². The van der Waals surface area contributed by atoms with E-state index in [9.17, 15) is 9.18 Å². The second-order valence-corrected chi connectivity index (χ2v) is 4.19. The van der Waals surface area contributed by atoms with Crippen LogP contribution in [0.5, 0.6) is 0 Å². The first kappa shape index (κ1) is 11.9. The molecule has 1 N–H and O–H groups in total. The molecule has 0 fully saturated rings. The van der Waals surface area contributed by atoms with E-state index in [1.54, 1.807) is 6.07 Å². The first-order valence-corrected chi connectivity index (χ1v) is 4.96. The maximum Gasteiger partial charge on any atom is 0.133 e. The summed E-state index contributed by atoms with van der Waals surface area (Å²) < 4.78 is 13.0. The number of halogens is 1. The lowest BCUT2D eigenvalue weighted by Gasteiger charge is -2.25. The minimum atomic E-state index is -0.226. The van der Waals surface area contributed by atoms with Crippen LogP contribution in [0.15, 0.2) is 24.3 Å². The first-order chi connectivity index (χ1) is 7.06. The van der Waals surface area contributed by atoms with Crippen LogP contribution in [-0.2, 0) is 10.2 Å². The lowest BCUT2D eigenvalue weighted by atomic mass is 9.84. The van der Waals surface area contributed by atoms with Crippen LogP contribution in [0.2, 0.25) is 0 Å². The molecule has 3 heteroatoms. The van der Waals surface area contributed by atoms with Crippen LogP contribution in [0.1, 0.15) is 19.4 Å². The van der Waals surface area contributed by atoms with Crippen molar-refractivity contribution in [1.29, 1.82) is 0 Å². The number of carbonyl (C=O) groups excluding carboxylic acids is 1. The normalized spacial score (nSPS) is 11.4. The zero-order valence-electron chi connectivity index (χ0n) is 9.09. The molecule has 15 heavy (non-hydrogen) atoms. The third kappa shape index (κ3) is 3.44. The number of carbonyl (C=O) groups is 1. The van der Waals surface area contributed by atoms with Gasteiger partial charge >= 0.3 is 0 Å². The summed E-state index contributed by atoms with van der Waals surface area (Å²) in [5, 5.41) is 3.00. The zero-order chi connectivity index (χ0) is 11.3. The van der Waals surface area contributed by atoms with E-state index in [-0.39, 0.29) is 11.2 Å². The van der Waals surface area contributed by atoms with E-state index >= 15 is 0 Å². The predicted molar refractivity (Wildman–Crippen MR) is 58.4 cm³/mol. The Bertz CT molecular complexity index is 336. The predicted octanol–water partition coefficient (Wildman–Crippen LogP) is 1.89. The van der Waals surface area contributed by atoms with Crippen LogP contribution in [0, 0.1) is 5.82 Å². The molecule has 0 aliphatic heterocycles. The van der Waals surface area contributed by atoms with Gasteiger partial charge in [0, 0.05) is 12.0 Å². The minimum absolute atomic E-state index is 0.175. The summed E-state index contributed by atoms with van der Waals surface area (Å²) in [7, 11) is 0. The van der Waals surface area contributed by atoms with Gasteiger partial charge in [0.05, 0.1) is 6.54 Å². The maximum absolute atomic E-state index is 13.0. The first-order valence-electron chi connectivity index (χ1n) is 4.96. The maximum atomic E-state index is 13.0. The van der Waals surface area contributed by atoms with Gasteiger partial charge in [-0.1, -0.05) is 26.0 Å². The van der Waals surface area contributed by atoms with Crippen molar-refractivity contribution in [3.63, 3.8) is 0 Å². The van der Waals surface area contributed by atoms with E-state index in [4.69, 9.17) is 0 Å². The van der Waals surface area contributed by atoms with Crippen LogP contribution < -0.4 is 5.32 Å². The van der Waals surface area contributed by atoms with Crippen molar-refractivity contribution in [3.8, 4) is 0 Å². The highest BCUT2D eigenvalue weighted by molar-refractivity contribution is 5.51. The van der Waals surface area contributed by atoms with Gasteiger partial charge in [-0.05, 0) is 17.7 Å². The van der Waals surface area contributed by atoms with Gasteiger partial charge in [0.25, 0.3) is 0 Å². The second-order valence-electron chi connectivity index (χ2n) is 4.19. The van der Waals surface area contributed by atoms with Crippen molar-refractivity contribution < 1.29 is 9.18 Å². The van der Waals surface area contributed by atoms with Crippen LogP contribution in [0.25, 0.3) is 0 Å². The molecule has 0 bridgehead atoms. The SMILES string of the molecule is CC(C)(CNCC=O)c1cccc(F)c1. The fraction of sp³-hybridized carbons (Fsp3) is 0.417. The van der Waals surface area contributed by atoms with E-state index in [1.807, 2.05) is 19.9 Å². The Morgan fingerprint density at radius 2 is 2.20 bits per heavy atom. The van der Waals surface area contributed by atoms with Gasteiger partial charge in [-0.3, -0.25) is 0 Å². The van der Waals surface area contributed by atoms with Gasteiger partial charge in [-0.15, -0.1) is 0 Å². The molecule has 0 aliphatic carbocycles. The summed E-state index contributed by atoms with van der Waals surface area (Å²) in [5.74, 6) is -0.226. The Morgan fingerprint density at radius 1 is 1.47 bits per heavy atom. The van der Waals surface area contributed by atoms with E-state index in [2.05, 4.69) is 5.32 Å². The highest BCUT2D eigenvalue weighted by atomic mass is 19.1. The van der Waals surface area contributed by atoms with Crippen molar-refractivity contribution in [1.82, 2.24) is 5.32 Å². The number of nitrogens with one attached hydrogen (secondary N) is 1. The fourth-order valence-corrected chi connectivity index (χ4v) is 1.46. The largest absolute Gasteiger partial charge is 0.309 e. The molecule has 1 aromatic carbocycles. The molecule has 0 atom stereocenters. The topological polar surface area (TPSA) is 29.1 Å². The summed E-state index contributed by atoms with van der Waals surface area (Å²) >= 11 is 0. The van der Waals surface area contributed by atoms with Gasteiger partial charge in [0.1, 0.15) is 12.1 Å².